The summed E-state index contributed by atoms with van der Waals surface area (Å²) >= 11 is 3.64. The lowest BCUT2D eigenvalue weighted by atomic mass is 9.86. The molecule has 0 heterocycles. The average Bonchev–Trinajstić information content (AvgIpc) is 2.46. The van der Waals surface area contributed by atoms with Crippen LogP contribution in [0.5, 0.6) is 0 Å². The van der Waals surface area contributed by atoms with Crippen molar-refractivity contribution in [2.45, 2.75) is 50.5 Å². The molecule has 0 bridgehead atoms. The molecule has 1 aromatic carbocycles. The summed E-state index contributed by atoms with van der Waals surface area (Å²) in [5.74, 6) is 0. The first-order valence-electron chi connectivity index (χ1n) is 7.08. The van der Waals surface area contributed by atoms with Crippen molar-refractivity contribution in [3.05, 3.63) is 35.9 Å². The predicted molar refractivity (Wildman–Crippen MR) is 80.3 cm³/mol. The van der Waals surface area contributed by atoms with Crippen LogP contribution in [0.15, 0.2) is 30.3 Å². The topological polar surface area (TPSA) is 9.23 Å². The summed E-state index contributed by atoms with van der Waals surface area (Å²) in [7, 11) is 0. The lowest BCUT2D eigenvalue weighted by molar-refractivity contribution is -0.0521. The number of hydrogen-bond donors (Lipinski definition) is 0. The molecule has 0 radical (unpaired) electrons. The fourth-order valence-corrected chi connectivity index (χ4v) is 3.44. The van der Waals surface area contributed by atoms with E-state index in [2.05, 4.69) is 46.3 Å². The largest absolute Gasteiger partial charge is 0.374 e. The Kier molecular flexibility index (Phi) is 5.71. The number of ether oxygens (including phenoxy) is 1. The first-order chi connectivity index (χ1) is 8.85. The van der Waals surface area contributed by atoms with Crippen molar-refractivity contribution in [3.63, 3.8) is 0 Å². The highest BCUT2D eigenvalue weighted by molar-refractivity contribution is 9.09. The third-order valence-corrected chi connectivity index (χ3v) is 4.89. The molecule has 1 saturated carbocycles. The zero-order chi connectivity index (χ0) is 12.7. The van der Waals surface area contributed by atoms with Gasteiger partial charge in [0.2, 0.25) is 0 Å². The summed E-state index contributed by atoms with van der Waals surface area (Å²) in [6.07, 6.45) is 8.72. The number of benzene rings is 1. The zero-order valence-electron chi connectivity index (χ0n) is 11.0. The number of rotatable bonds is 6. The summed E-state index contributed by atoms with van der Waals surface area (Å²) in [6.45, 7) is 0.889. The van der Waals surface area contributed by atoms with E-state index in [9.17, 15) is 0 Å². The molecular weight excluding hydrogens is 288 g/mol. The Morgan fingerprint density at radius 3 is 2.44 bits per heavy atom. The molecule has 1 aliphatic carbocycles. The van der Waals surface area contributed by atoms with Gasteiger partial charge in [0.05, 0.1) is 5.60 Å². The minimum atomic E-state index is 0.134. The van der Waals surface area contributed by atoms with Gasteiger partial charge in [0.15, 0.2) is 0 Å². The van der Waals surface area contributed by atoms with Gasteiger partial charge >= 0.3 is 0 Å². The highest BCUT2D eigenvalue weighted by Crippen LogP contribution is 2.33. The summed E-state index contributed by atoms with van der Waals surface area (Å²) in [6, 6.07) is 10.7. The third kappa shape index (κ3) is 4.10. The first-order valence-corrected chi connectivity index (χ1v) is 8.21. The van der Waals surface area contributed by atoms with Crippen LogP contribution in [0.3, 0.4) is 0 Å². The highest BCUT2D eigenvalue weighted by atomic mass is 79.9. The Hall–Kier alpha value is -0.340. The molecule has 0 saturated heterocycles. The molecule has 0 spiro atoms. The molecule has 1 aromatic rings. The summed E-state index contributed by atoms with van der Waals surface area (Å²) in [5.41, 5.74) is 1.55. The van der Waals surface area contributed by atoms with Gasteiger partial charge in [0.25, 0.3) is 0 Å². The van der Waals surface area contributed by atoms with E-state index in [-0.39, 0.29) is 5.60 Å². The van der Waals surface area contributed by atoms with E-state index in [1.807, 2.05) is 0 Å². The van der Waals surface area contributed by atoms with Crippen LogP contribution in [0, 0.1) is 0 Å². The van der Waals surface area contributed by atoms with E-state index in [1.54, 1.807) is 0 Å². The average molecular weight is 311 g/mol. The molecule has 1 aliphatic rings. The van der Waals surface area contributed by atoms with E-state index in [4.69, 9.17) is 4.74 Å². The van der Waals surface area contributed by atoms with Crippen molar-refractivity contribution in [1.82, 2.24) is 0 Å². The van der Waals surface area contributed by atoms with E-state index >= 15 is 0 Å². The number of alkyl halides is 1. The molecule has 2 heteroatoms. The highest BCUT2D eigenvalue weighted by Gasteiger charge is 2.31. The molecule has 0 N–H and O–H groups in total. The number of aryl methyl sites for hydroxylation is 1. The molecule has 0 atom stereocenters. The van der Waals surface area contributed by atoms with E-state index in [1.165, 1.54) is 37.7 Å². The molecule has 0 amide bonds. The van der Waals surface area contributed by atoms with Crippen molar-refractivity contribution in [2.24, 2.45) is 0 Å². The predicted octanol–water partition coefficient (Wildman–Crippen LogP) is 4.73. The summed E-state index contributed by atoms with van der Waals surface area (Å²) in [4.78, 5) is 0. The standard InChI is InChI=1S/C16H23BrO/c17-14-16(11-5-2-6-12-16)18-13-7-10-15-8-3-1-4-9-15/h1,3-4,8-9H,2,5-7,10-14H2. The van der Waals surface area contributed by atoms with Crippen molar-refractivity contribution in [2.75, 3.05) is 11.9 Å². The van der Waals surface area contributed by atoms with Crippen molar-refractivity contribution >= 4 is 15.9 Å². The van der Waals surface area contributed by atoms with Gasteiger partial charge in [-0.05, 0) is 31.2 Å². The monoisotopic (exact) mass is 310 g/mol. The quantitative estimate of drug-likeness (QED) is 0.545. The minimum absolute atomic E-state index is 0.134. The van der Waals surface area contributed by atoms with Gasteiger partial charge in [0, 0.05) is 11.9 Å². The molecule has 0 aromatic heterocycles. The fraction of sp³-hybridized carbons (Fsp3) is 0.625. The normalized spacial score (nSPS) is 18.7. The van der Waals surface area contributed by atoms with Crippen LogP contribution in [0.4, 0.5) is 0 Å². The molecule has 2 rings (SSSR count). The van der Waals surface area contributed by atoms with Crippen LogP contribution in [-0.4, -0.2) is 17.5 Å². The molecule has 100 valence electrons. The van der Waals surface area contributed by atoms with Gasteiger partial charge in [-0.2, -0.15) is 0 Å². The summed E-state index contributed by atoms with van der Waals surface area (Å²) < 4.78 is 6.19. The second kappa shape index (κ2) is 7.30. The van der Waals surface area contributed by atoms with Crippen LogP contribution in [-0.2, 0) is 11.2 Å². The third-order valence-electron chi connectivity index (χ3n) is 3.87. The van der Waals surface area contributed by atoms with Crippen LogP contribution >= 0.6 is 15.9 Å². The molecule has 0 unspecified atom stereocenters. The Labute approximate surface area is 119 Å². The lowest BCUT2D eigenvalue weighted by Gasteiger charge is -2.35. The smallest absolute Gasteiger partial charge is 0.0778 e. The van der Waals surface area contributed by atoms with Crippen LogP contribution in [0.1, 0.15) is 44.1 Å². The second-order valence-electron chi connectivity index (χ2n) is 5.31. The summed E-state index contributed by atoms with van der Waals surface area (Å²) in [5, 5.41) is 0.991. The van der Waals surface area contributed by atoms with Crippen molar-refractivity contribution < 1.29 is 4.74 Å². The molecule has 1 nitrogen and oxygen atoms in total. The van der Waals surface area contributed by atoms with E-state index in [0.717, 1.165) is 24.8 Å². The molecule has 1 fully saturated rings. The Morgan fingerprint density at radius 1 is 1.06 bits per heavy atom. The van der Waals surface area contributed by atoms with Gasteiger partial charge < -0.3 is 4.74 Å². The van der Waals surface area contributed by atoms with Gasteiger partial charge in [-0.1, -0.05) is 65.5 Å². The van der Waals surface area contributed by atoms with Gasteiger partial charge in [-0.3, -0.25) is 0 Å². The maximum Gasteiger partial charge on any atom is 0.0778 e. The van der Waals surface area contributed by atoms with Crippen molar-refractivity contribution in [3.8, 4) is 0 Å². The van der Waals surface area contributed by atoms with Gasteiger partial charge in [-0.15, -0.1) is 0 Å². The van der Waals surface area contributed by atoms with Crippen molar-refractivity contribution in [1.29, 1.82) is 0 Å². The minimum Gasteiger partial charge on any atom is -0.374 e. The first kappa shape index (κ1) is 14.1. The zero-order valence-corrected chi connectivity index (χ0v) is 12.6. The van der Waals surface area contributed by atoms with Gasteiger partial charge in [0.1, 0.15) is 0 Å². The SMILES string of the molecule is BrCC1(OCCCc2ccccc2)CCCCC1. The second-order valence-corrected chi connectivity index (χ2v) is 5.88. The maximum atomic E-state index is 6.19. The van der Waals surface area contributed by atoms with E-state index < -0.39 is 0 Å². The lowest BCUT2D eigenvalue weighted by Crippen LogP contribution is -2.37. The van der Waals surface area contributed by atoms with Crippen LogP contribution < -0.4 is 0 Å². The fourth-order valence-electron chi connectivity index (χ4n) is 2.72. The Balaban J connectivity index is 1.71. The van der Waals surface area contributed by atoms with Crippen LogP contribution in [0.2, 0.25) is 0 Å². The maximum absolute atomic E-state index is 6.19. The number of halogens is 1. The number of hydrogen-bond acceptors (Lipinski definition) is 1. The molecule has 18 heavy (non-hydrogen) atoms. The van der Waals surface area contributed by atoms with Gasteiger partial charge in [-0.25, -0.2) is 0 Å². The Morgan fingerprint density at radius 2 is 1.78 bits per heavy atom. The molecular formula is C16H23BrO. The van der Waals surface area contributed by atoms with Crippen LogP contribution in [0.25, 0.3) is 0 Å². The van der Waals surface area contributed by atoms with E-state index in [0.29, 0.717) is 0 Å². The Bertz CT molecular complexity index is 330. The molecule has 0 aliphatic heterocycles.